The minimum Gasteiger partial charge on any atom is -0.392 e. The maximum atomic E-state index is 12.2. The fourth-order valence-electron chi connectivity index (χ4n) is 2.83. The first-order valence-electron chi connectivity index (χ1n) is 9.65. The van der Waals surface area contributed by atoms with Gasteiger partial charge in [-0.15, -0.1) is 0 Å². The number of nitrogens with zero attached hydrogens (tertiary/aromatic N) is 2. The van der Waals surface area contributed by atoms with Gasteiger partial charge in [0.2, 0.25) is 5.91 Å². The van der Waals surface area contributed by atoms with Crippen molar-refractivity contribution in [3.8, 4) is 11.3 Å². The molecule has 0 unspecified atom stereocenters. The van der Waals surface area contributed by atoms with Crippen LogP contribution >= 0.6 is 0 Å². The summed E-state index contributed by atoms with van der Waals surface area (Å²) in [6, 6.07) is 17.4. The predicted octanol–water partition coefficient (Wildman–Crippen LogP) is 4.79. The Labute approximate surface area is 171 Å². The minimum atomic E-state index is -0.0799. The average Bonchev–Trinajstić information content (AvgIpc) is 2.73. The molecule has 0 saturated carbocycles. The first-order valence-corrected chi connectivity index (χ1v) is 9.65. The zero-order chi connectivity index (χ0) is 20.6. The third-order valence-electron chi connectivity index (χ3n) is 4.32. The van der Waals surface area contributed by atoms with Crippen LogP contribution in [0.2, 0.25) is 0 Å². The van der Waals surface area contributed by atoms with Crippen molar-refractivity contribution >= 4 is 23.9 Å². The number of carbonyl (C=O) groups is 1. The average molecular weight is 387 g/mol. The number of hydrogen-bond acceptors (Lipinski definition) is 4. The van der Waals surface area contributed by atoms with E-state index in [0.717, 1.165) is 16.7 Å². The van der Waals surface area contributed by atoms with Crippen molar-refractivity contribution in [3.05, 3.63) is 77.6 Å². The molecule has 0 fully saturated rings. The molecule has 2 aromatic carbocycles. The van der Waals surface area contributed by atoms with Gasteiger partial charge in [0.1, 0.15) is 5.69 Å². The first kappa shape index (κ1) is 20.4. The van der Waals surface area contributed by atoms with Gasteiger partial charge in [0.25, 0.3) is 0 Å². The van der Waals surface area contributed by atoms with Gasteiger partial charge in [-0.05, 0) is 23.1 Å². The second kappa shape index (κ2) is 9.75. The van der Waals surface area contributed by atoms with Gasteiger partial charge in [0, 0.05) is 12.0 Å². The molecule has 148 valence electrons. The van der Waals surface area contributed by atoms with Crippen molar-refractivity contribution in [3.63, 3.8) is 0 Å². The maximum absolute atomic E-state index is 12.2. The number of aliphatic hydroxyl groups is 1. The zero-order valence-corrected chi connectivity index (χ0v) is 16.7. The summed E-state index contributed by atoms with van der Waals surface area (Å²) in [7, 11) is 0. The largest absolute Gasteiger partial charge is 0.392 e. The van der Waals surface area contributed by atoms with Crippen LogP contribution in [0, 0.1) is 5.92 Å². The normalized spacial score (nSPS) is 11.2. The number of nitrogens with one attached hydrogen (secondary N) is 1. The van der Waals surface area contributed by atoms with Crippen LogP contribution in [0.3, 0.4) is 0 Å². The topological polar surface area (TPSA) is 75.1 Å². The SMILES string of the molecule is CC(C)CC(=O)Nc1ncc(-c2ccc(CO)cc2)nc1C=Cc1ccccc1. The molecular weight excluding hydrogens is 362 g/mol. The second-order valence-electron chi connectivity index (χ2n) is 7.23. The lowest BCUT2D eigenvalue weighted by Crippen LogP contribution is -2.16. The Morgan fingerprint density at radius 3 is 2.45 bits per heavy atom. The Hall–Kier alpha value is -3.31. The molecule has 0 radical (unpaired) electrons. The lowest BCUT2D eigenvalue weighted by atomic mass is 10.1. The van der Waals surface area contributed by atoms with Gasteiger partial charge >= 0.3 is 0 Å². The van der Waals surface area contributed by atoms with E-state index >= 15 is 0 Å². The van der Waals surface area contributed by atoms with Gasteiger partial charge < -0.3 is 10.4 Å². The molecule has 2 N–H and O–H groups in total. The van der Waals surface area contributed by atoms with Crippen molar-refractivity contribution in [2.24, 2.45) is 5.92 Å². The van der Waals surface area contributed by atoms with E-state index in [-0.39, 0.29) is 18.4 Å². The van der Waals surface area contributed by atoms with Gasteiger partial charge in [-0.25, -0.2) is 9.97 Å². The summed E-state index contributed by atoms with van der Waals surface area (Å²) in [5.74, 6) is 0.623. The molecule has 0 spiro atoms. The van der Waals surface area contributed by atoms with E-state index in [2.05, 4.69) is 10.3 Å². The molecule has 1 heterocycles. The zero-order valence-electron chi connectivity index (χ0n) is 16.7. The van der Waals surface area contributed by atoms with Crippen molar-refractivity contribution in [1.82, 2.24) is 9.97 Å². The summed E-state index contributed by atoms with van der Waals surface area (Å²) in [6.45, 7) is 4.00. The molecule has 0 atom stereocenters. The number of amides is 1. The molecule has 0 aliphatic rings. The van der Waals surface area contributed by atoms with Crippen LogP contribution in [-0.2, 0) is 11.4 Å². The molecule has 0 saturated heterocycles. The highest BCUT2D eigenvalue weighted by Crippen LogP contribution is 2.22. The molecule has 0 bridgehead atoms. The monoisotopic (exact) mass is 387 g/mol. The van der Waals surface area contributed by atoms with Crippen molar-refractivity contribution in [2.45, 2.75) is 26.9 Å². The molecule has 29 heavy (non-hydrogen) atoms. The highest BCUT2D eigenvalue weighted by Gasteiger charge is 2.12. The fourth-order valence-corrected chi connectivity index (χ4v) is 2.83. The van der Waals surface area contributed by atoms with Crippen LogP contribution in [-0.4, -0.2) is 21.0 Å². The summed E-state index contributed by atoms with van der Waals surface area (Å²) in [5.41, 5.74) is 4.05. The van der Waals surface area contributed by atoms with Gasteiger partial charge in [0.15, 0.2) is 5.82 Å². The smallest absolute Gasteiger partial charge is 0.225 e. The Bertz CT molecular complexity index is 981. The van der Waals surface area contributed by atoms with E-state index in [1.807, 2.05) is 80.6 Å². The molecule has 1 aromatic heterocycles. The quantitative estimate of drug-likeness (QED) is 0.611. The lowest BCUT2D eigenvalue weighted by Gasteiger charge is -2.10. The summed E-state index contributed by atoms with van der Waals surface area (Å²) >= 11 is 0. The molecular formula is C24H25N3O2. The highest BCUT2D eigenvalue weighted by atomic mass is 16.3. The summed E-state index contributed by atoms with van der Waals surface area (Å²) in [5, 5.41) is 12.1. The number of hydrogen-bond donors (Lipinski definition) is 2. The Morgan fingerprint density at radius 2 is 1.79 bits per heavy atom. The summed E-state index contributed by atoms with van der Waals surface area (Å²) < 4.78 is 0. The van der Waals surface area contributed by atoms with E-state index in [4.69, 9.17) is 4.98 Å². The summed E-state index contributed by atoms with van der Waals surface area (Å²) in [6.07, 6.45) is 5.88. The lowest BCUT2D eigenvalue weighted by molar-refractivity contribution is -0.116. The molecule has 3 rings (SSSR count). The Morgan fingerprint density at radius 1 is 1.07 bits per heavy atom. The van der Waals surface area contributed by atoms with E-state index in [1.165, 1.54) is 0 Å². The number of carbonyl (C=O) groups excluding carboxylic acids is 1. The van der Waals surface area contributed by atoms with E-state index < -0.39 is 0 Å². The second-order valence-corrected chi connectivity index (χ2v) is 7.23. The number of anilines is 1. The van der Waals surface area contributed by atoms with E-state index in [9.17, 15) is 9.90 Å². The van der Waals surface area contributed by atoms with Gasteiger partial charge in [-0.2, -0.15) is 0 Å². The third kappa shape index (κ3) is 5.83. The van der Waals surface area contributed by atoms with E-state index in [0.29, 0.717) is 23.6 Å². The van der Waals surface area contributed by atoms with Gasteiger partial charge in [0.05, 0.1) is 18.5 Å². The van der Waals surface area contributed by atoms with Crippen LogP contribution in [0.5, 0.6) is 0 Å². The van der Waals surface area contributed by atoms with Crippen LogP contribution in [0.15, 0.2) is 60.8 Å². The van der Waals surface area contributed by atoms with Crippen LogP contribution in [0.4, 0.5) is 5.82 Å². The number of aromatic nitrogens is 2. The van der Waals surface area contributed by atoms with E-state index in [1.54, 1.807) is 6.20 Å². The molecule has 5 heteroatoms. The molecule has 1 amide bonds. The van der Waals surface area contributed by atoms with Crippen molar-refractivity contribution in [1.29, 1.82) is 0 Å². The molecule has 3 aromatic rings. The number of aliphatic hydroxyl groups excluding tert-OH is 1. The van der Waals surface area contributed by atoms with Crippen LogP contribution in [0.25, 0.3) is 23.4 Å². The standard InChI is InChI=1S/C24H25N3O2/c1-17(2)14-23(29)27-24-21(13-10-18-6-4-3-5-7-18)26-22(15-25-24)20-11-8-19(16-28)9-12-20/h3-13,15,17,28H,14,16H2,1-2H3,(H,25,27,29). The minimum absolute atomic E-state index is 0.00214. The Balaban J connectivity index is 1.94. The highest BCUT2D eigenvalue weighted by molar-refractivity contribution is 5.92. The fraction of sp³-hybridized carbons (Fsp3) is 0.208. The molecule has 0 aliphatic heterocycles. The summed E-state index contributed by atoms with van der Waals surface area (Å²) in [4.78, 5) is 21.4. The third-order valence-corrected chi connectivity index (χ3v) is 4.32. The molecule has 5 nitrogen and oxygen atoms in total. The van der Waals surface area contributed by atoms with Gasteiger partial charge in [-0.1, -0.05) is 74.5 Å². The van der Waals surface area contributed by atoms with Crippen LogP contribution in [0.1, 0.15) is 37.1 Å². The van der Waals surface area contributed by atoms with Crippen molar-refractivity contribution < 1.29 is 9.90 Å². The molecule has 0 aliphatic carbocycles. The van der Waals surface area contributed by atoms with Crippen molar-refractivity contribution in [2.75, 3.05) is 5.32 Å². The predicted molar refractivity (Wildman–Crippen MR) is 117 cm³/mol. The number of benzene rings is 2. The first-order chi connectivity index (χ1) is 14.0. The van der Waals surface area contributed by atoms with Gasteiger partial charge in [-0.3, -0.25) is 4.79 Å². The number of rotatable bonds is 7. The maximum Gasteiger partial charge on any atom is 0.225 e. The Kier molecular flexibility index (Phi) is 6.87. The van der Waals surface area contributed by atoms with Crippen LogP contribution < -0.4 is 5.32 Å².